The number of ether oxygens (including phenoxy) is 4. The Hall–Kier alpha value is -2.27. The van der Waals surface area contributed by atoms with Crippen molar-refractivity contribution >= 4 is 5.91 Å². The lowest BCUT2D eigenvalue weighted by Gasteiger charge is -2.50. The number of aliphatic hydroxyl groups is 7. The Morgan fingerprint density at radius 3 is 2.41 bits per heavy atom. The summed E-state index contributed by atoms with van der Waals surface area (Å²) in [5, 5.41) is 85.2. The second-order valence-electron chi connectivity index (χ2n) is 8.72. The van der Waals surface area contributed by atoms with Crippen LogP contribution in [0.25, 0.3) is 0 Å². The Bertz CT molecular complexity index is 972. The number of carbonyl (C=O) groups excluding carboxylic acids is 1. The van der Waals surface area contributed by atoms with Crippen LogP contribution in [-0.4, -0.2) is 121 Å². The largest absolute Gasteiger partial charge is 0.504 e. The van der Waals surface area contributed by atoms with Crippen molar-refractivity contribution in [1.29, 1.82) is 0 Å². The smallest absolute Gasteiger partial charge is 0.255 e. The van der Waals surface area contributed by atoms with Crippen molar-refractivity contribution < 1.29 is 64.6 Å². The number of rotatable bonds is 3. The molecule has 1 aromatic carbocycles. The van der Waals surface area contributed by atoms with E-state index < -0.39 is 85.3 Å². The Morgan fingerprint density at radius 2 is 1.71 bits per heavy atom. The van der Waals surface area contributed by atoms with Crippen molar-refractivity contribution in [2.24, 2.45) is 0 Å². The standard InChI is InChI=1S/C20H25NO13/c22-2-6-10(23)14(27)16(29)20(33-6)34-18-11(24)7-4-1-5-17(32-3-31-5)12(25)8(4)19(30)21-9(7)13(26)15(18)28/h1,6-7,9-11,13-16,18,20,22-29H,2-3H2,(H,21,30)/t6-,7-,9-,10-,11-,13+,14+,15+,16-,18+,20+/m1/s1. The molecule has 3 aliphatic heterocycles. The molecule has 0 bridgehead atoms. The molecule has 14 heteroatoms. The first-order valence-corrected chi connectivity index (χ1v) is 10.6. The van der Waals surface area contributed by atoms with Crippen LogP contribution in [-0.2, 0) is 9.47 Å². The molecular formula is C20H25NO13. The maximum Gasteiger partial charge on any atom is 0.255 e. The number of nitrogens with one attached hydrogen (secondary N) is 1. The van der Waals surface area contributed by atoms with Crippen molar-refractivity contribution in [3.05, 3.63) is 17.2 Å². The number of fused-ring (bicyclic) bond motifs is 4. The van der Waals surface area contributed by atoms with Crippen LogP contribution in [0.4, 0.5) is 0 Å². The van der Waals surface area contributed by atoms with Crippen LogP contribution in [0.3, 0.4) is 0 Å². The van der Waals surface area contributed by atoms with E-state index in [1.54, 1.807) is 0 Å². The minimum Gasteiger partial charge on any atom is -0.504 e. The van der Waals surface area contributed by atoms with E-state index in [9.17, 15) is 45.6 Å². The van der Waals surface area contributed by atoms with E-state index in [0.29, 0.717) is 0 Å². The summed E-state index contributed by atoms with van der Waals surface area (Å²) in [5.41, 5.74) is -0.101. The quantitative estimate of drug-likeness (QED) is 0.196. The number of phenolic OH excluding ortho intramolecular Hbond substituents is 1. The fraction of sp³-hybridized carbons (Fsp3) is 0.650. The Kier molecular flexibility index (Phi) is 5.83. The van der Waals surface area contributed by atoms with Gasteiger partial charge in [-0.3, -0.25) is 4.79 Å². The minimum absolute atomic E-state index is 0.0487. The summed E-state index contributed by atoms with van der Waals surface area (Å²) >= 11 is 0. The predicted octanol–water partition coefficient (Wildman–Crippen LogP) is -4.40. The Balaban J connectivity index is 1.49. The van der Waals surface area contributed by atoms with Crippen molar-refractivity contribution in [1.82, 2.24) is 5.32 Å². The van der Waals surface area contributed by atoms with Gasteiger partial charge in [0.1, 0.15) is 42.7 Å². The van der Waals surface area contributed by atoms with Gasteiger partial charge < -0.3 is 65.1 Å². The normalized spacial score (nSPS) is 43.1. The average molecular weight is 487 g/mol. The Labute approximate surface area is 191 Å². The number of hydrogen-bond donors (Lipinski definition) is 9. The molecule has 11 atom stereocenters. The highest BCUT2D eigenvalue weighted by Crippen LogP contribution is 2.50. The fourth-order valence-corrected chi connectivity index (χ4v) is 5.06. The third-order valence-electron chi connectivity index (χ3n) is 6.84. The molecule has 4 aliphatic rings. The van der Waals surface area contributed by atoms with Gasteiger partial charge in [0, 0.05) is 5.92 Å². The van der Waals surface area contributed by atoms with Gasteiger partial charge in [0.25, 0.3) is 5.91 Å². The topological polar surface area (TPSA) is 228 Å². The van der Waals surface area contributed by atoms with Crippen LogP contribution in [0.15, 0.2) is 6.07 Å². The highest BCUT2D eigenvalue weighted by molar-refractivity contribution is 6.01. The molecule has 3 heterocycles. The Morgan fingerprint density at radius 1 is 0.971 bits per heavy atom. The van der Waals surface area contributed by atoms with Crippen LogP contribution >= 0.6 is 0 Å². The number of aliphatic hydroxyl groups excluding tert-OH is 7. The number of benzene rings is 1. The van der Waals surface area contributed by atoms with E-state index >= 15 is 0 Å². The SMILES string of the molecule is O=C1N[C@H]2[C@H](O)[C@H](O)[C@@H](O[C@@H]3O[C@H](CO)[C@@H](O)[C@H](O)[C@H]3O)[C@H](O)[C@@H]2c2cc3c(c(O)c21)OCO3. The van der Waals surface area contributed by atoms with Gasteiger partial charge >= 0.3 is 0 Å². The highest BCUT2D eigenvalue weighted by Gasteiger charge is 2.56. The van der Waals surface area contributed by atoms with E-state index in [0.717, 1.165) is 0 Å². The number of carbonyl (C=O) groups is 1. The van der Waals surface area contributed by atoms with E-state index in [-0.39, 0.29) is 29.4 Å². The summed E-state index contributed by atoms with van der Waals surface area (Å²) in [6, 6.07) is 0.200. The van der Waals surface area contributed by atoms with Gasteiger partial charge in [-0.1, -0.05) is 0 Å². The minimum atomic E-state index is -1.82. The maximum absolute atomic E-state index is 12.7. The first-order valence-electron chi connectivity index (χ1n) is 10.6. The number of amides is 1. The van der Waals surface area contributed by atoms with E-state index in [1.165, 1.54) is 6.07 Å². The summed E-state index contributed by atoms with van der Waals surface area (Å²) in [7, 11) is 0. The second kappa shape index (κ2) is 8.44. The highest BCUT2D eigenvalue weighted by atomic mass is 16.7. The first kappa shape index (κ1) is 23.5. The van der Waals surface area contributed by atoms with E-state index in [1.807, 2.05) is 0 Å². The second-order valence-corrected chi connectivity index (χ2v) is 8.72. The average Bonchev–Trinajstić information content (AvgIpc) is 3.29. The molecule has 34 heavy (non-hydrogen) atoms. The van der Waals surface area contributed by atoms with Crippen LogP contribution in [0, 0.1) is 0 Å². The summed E-state index contributed by atoms with van der Waals surface area (Å²) in [5.74, 6) is -2.32. The van der Waals surface area contributed by atoms with Crippen LogP contribution in [0.2, 0.25) is 0 Å². The fourth-order valence-electron chi connectivity index (χ4n) is 5.06. The van der Waals surface area contributed by atoms with Crippen molar-refractivity contribution in [3.8, 4) is 17.2 Å². The van der Waals surface area contributed by atoms with Gasteiger partial charge in [0.2, 0.25) is 12.5 Å². The lowest BCUT2D eigenvalue weighted by Crippen LogP contribution is -2.68. The molecular weight excluding hydrogens is 462 g/mol. The van der Waals surface area contributed by atoms with Crippen molar-refractivity contribution in [2.75, 3.05) is 13.4 Å². The number of phenols is 1. The summed E-state index contributed by atoms with van der Waals surface area (Å²) in [6.45, 7) is -0.923. The zero-order valence-electron chi connectivity index (χ0n) is 17.5. The van der Waals surface area contributed by atoms with Gasteiger partial charge in [-0.05, 0) is 11.6 Å². The zero-order valence-corrected chi connectivity index (χ0v) is 17.5. The van der Waals surface area contributed by atoms with Gasteiger partial charge in [-0.15, -0.1) is 0 Å². The van der Waals surface area contributed by atoms with Crippen LogP contribution in [0.1, 0.15) is 21.8 Å². The molecule has 14 nitrogen and oxygen atoms in total. The molecule has 1 saturated heterocycles. The summed E-state index contributed by atoms with van der Waals surface area (Å²) < 4.78 is 21.3. The third kappa shape index (κ3) is 3.34. The molecule has 0 aromatic heterocycles. The molecule has 2 fully saturated rings. The first-order chi connectivity index (χ1) is 16.1. The van der Waals surface area contributed by atoms with Crippen LogP contribution in [0.5, 0.6) is 17.2 Å². The lowest BCUT2D eigenvalue weighted by atomic mass is 9.70. The van der Waals surface area contributed by atoms with Gasteiger partial charge in [0.15, 0.2) is 17.8 Å². The van der Waals surface area contributed by atoms with Crippen molar-refractivity contribution in [2.45, 2.75) is 67.1 Å². The van der Waals surface area contributed by atoms with Gasteiger partial charge in [0.05, 0.1) is 24.3 Å². The molecule has 0 radical (unpaired) electrons. The van der Waals surface area contributed by atoms with Gasteiger partial charge in [-0.25, -0.2) is 0 Å². The number of hydrogen-bond acceptors (Lipinski definition) is 13. The van der Waals surface area contributed by atoms with E-state index in [2.05, 4.69) is 5.32 Å². The molecule has 5 rings (SSSR count). The molecule has 1 saturated carbocycles. The summed E-state index contributed by atoms with van der Waals surface area (Å²) in [4.78, 5) is 12.7. The van der Waals surface area contributed by atoms with Crippen LogP contribution < -0.4 is 14.8 Å². The molecule has 0 unspecified atom stereocenters. The van der Waals surface area contributed by atoms with Gasteiger partial charge in [-0.2, -0.15) is 0 Å². The molecule has 188 valence electrons. The van der Waals surface area contributed by atoms with E-state index in [4.69, 9.17) is 18.9 Å². The molecule has 0 spiro atoms. The van der Waals surface area contributed by atoms with Crippen molar-refractivity contribution in [3.63, 3.8) is 0 Å². The summed E-state index contributed by atoms with van der Waals surface area (Å²) in [6.07, 6.45) is -14.9. The third-order valence-corrected chi connectivity index (χ3v) is 6.84. The lowest BCUT2D eigenvalue weighted by molar-refractivity contribution is -0.331. The molecule has 1 amide bonds. The monoisotopic (exact) mass is 487 g/mol. The number of aromatic hydroxyl groups is 1. The maximum atomic E-state index is 12.7. The molecule has 9 N–H and O–H groups in total. The molecule has 1 aromatic rings. The zero-order chi connectivity index (χ0) is 24.5. The predicted molar refractivity (Wildman–Crippen MR) is 105 cm³/mol. The molecule has 1 aliphatic carbocycles.